The SMILES string of the molecule is CCOc1ccccc1NC(=O)N1CCc2c([nH]c3ccc(Cl)cc23)[C@@H]1c1ccc(OC)cc1. The number of aromatic nitrogens is 1. The van der Waals surface area contributed by atoms with Gasteiger partial charge in [-0.1, -0.05) is 35.9 Å². The van der Waals surface area contributed by atoms with Crippen LogP contribution in [-0.4, -0.2) is 36.2 Å². The molecule has 5 rings (SSSR count). The lowest BCUT2D eigenvalue weighted by Gasteiger charge is -2.36. The van der Waals surface area contributed by atoms with Crippen molar-refractivity contribution in [3.05, 3.63) is 88.6 Å². The minimum Gasteiger partial charge on any atom is -0.497 e. The normalized spacial score (nSPS) is 15.1. The van der Waals surface area contributed by atoms with Crippen molar-refractivity contribution in [3.8, 4) is 11.5 Å². The van der Waals surface area contributed by atoms with Crippen molar-refractivity contribution in [3.63, 3.8) is 0 Å². The minimum atomic E-state index is -0.292. The topological polar surface area (TPSA) is 66.6 Å². The number of anilines is 1. The largest absolute Gasteiger partial charge is 0.497 e. The summed E-state index contributed by atoms with van der Waals surface area (Å²) in [6, 6.07) is 20.7. The number of urea groups is 1. The molecular weight excluding hydrogens is 450 g/mol. The van der Waals surface area contributed by atoms with Crippen molar-refractivity contribution in [2.75, 3.05) is 25.6 Å². The van der Waals surface area contributed by atoms with Crippen molar-refractivity contribution >= 4 is 34.2 Å². The van der Waals surface area contributed by atoms with Gasteiger partial charge in [0.2, 0.25) is 0 Å². The third-order valence-corrected chi connectivity index (χ3v) is 6.45. The molecule has 4 aromatic rings. The van der Waals surface area contributed by atoms with Crippen LogP contribution in [0.1, 0.15) is 29.8 Å². The molecule has 0 radical (unpaired) electrons. The number of methoxy groups -OCH3 is 1. The number of fused-ring (bicyclic) bond motifs is 3. The first-order valence-electron chi connectivity index (χ1n) is 11.3. The van der Waals surface area contributed by atoms with Gasteiger partial charge in [-0.05, 0) is 66.9 Å². The summed E-state index contributed by atoms with van der Waals surface area (Å²) in [6.45, 7) is 3.00. The summed E-state index contributed by atoms with van der Waals surface area (Å²) in [6.07, 6.45) is 0.725. The Bertz CT molecular complexity index is 1330. The molecule has 34 heavy (non-hydrogen) atoms. The average Bonchev–Trinajstić information content (AvgIpc) is 3.22. The molecule has 3 aromatic carbocycles. The Morgan fingerprint density at radius 2 is 1.94 bits per heavy atom. The minimum absolute atomic E-state index is 0.185. The number of H-pyrrole nitrogens is 1. The first kappa shape index (κ1) is 22.2. The molecule has 7 heteroatoms. The highest BCUT2D eigenvalue weighted by atomic mass is 35.5. The molecule has 1 aromatic heterocycles. The molecule has 0 fully saturated rings. The number of halogens is 1. The van der Waals surface area contributed by atoms with Crippen LogP contribution in [-0.2, 0) is 6.42 Å². The summed E-state index contributed by atoms with van der Waals surface area (Å²) in [4.78, 5) is 19.0. The second-order valence-corrected chi connectivity index (χ2v) is 8.62. The van der Waals surface area contributed by atoms with Gasteiger partial charge in [0.1, 0.15) is 11.5 Å². The van der Waals surface area contributed by atoms with E-state index in [4.69, 9.17) is 21.1 Å². The molecule has 1 atom stereocenters. The lowest BCUT2D eigenvalue weighted by atomic mass is 9.92. The molecule has 6 nitrogen and oxygen atoms in total. The monoisotopic (exact) mass is 475 g/mol. The summed E-state index contributed by atoms with van der Waals surface area (Å²) in [7, 11) is 1.64. The Morgan fingerprint density at radius 1 is 1.15 bits per heavy atom. The van der Waals surface area contributed by atoms with E-state index in [0.29, 0.717) is 29.6 Å². The van der Waals surface area contributed by atoms with E-state index < -0.39 is 0 Å². The number of benzene rings is 3. The Hall–Kier alpha value is -3.64. The van der Waals surface area contributed by atoms with Crippen molar-refractivity contribution in [2.24, 2.45) is 0 Å². The summed E-state index contributed by atoms with van der Waals surface area (Å²) < 4.78 is 11.1. The van der Waals surface area contributed by atoms with Crippen LogP contribution in [0.3, 0.4) is 0 Å². The first-order valence-corrected chi connectivity index (χ1v) is 11.7. The molecule has 2 heterocycles. The molecule has 0 saturated carbocycles. The van der Waals surface area contributed by atoms with Crippen LogP contribution in [0.4, 0.5) is 10.5 Å². The van der Waals surface area contributed by atoms with Gasteiger partial charge in [-0.2, -0.15) is 0 Å². The highest BCUT2D eigenvalue weighted by molar-refractivity contribution is 6.31. The molecule has 0 bridgehead atoms. The van der Waals surface area contributed by atoms with Crippen molar-refractivity contribution in [1.29, 1.82) is 0 Å². The smallest absolute Gasteiger partial charge is 0.322 e. The van der Waals surface area contributed by atoms with Crippen LogP contribution in [0.15, 0.2) is 66.7 Å². The van der Waals surface area contributed by atoms with Gasteiger partial charge in [-0.25, -0.2) is 4.79 Å². The van der Waals surface area contributed by atoms with Crippen LogP contribution in [0.25, 0.3) is 10.9 Å². The molecule has 1 aliphatic rings. The van der Waals surface area contributed by atoms with Gasteiger partial charge >= 0.3 is 6.03 Å². The summed E-state index contributed by atoms with van der Waals surface area (Å²) in [5, 5.41) is 4.86. The lowest BCUT2D eigenvalue weighted by molar-refractivity contribution is 0.193. The van der Waals surface area contributed by atoms with Gasteiger partial charge in [0, 0.05) is 28.2 Å². The Kier molecular flexibility index (Phi) is 6.07. The Morgan fingerprint density at radius 3 is 2.71 bits per heavy atom. The second-order valence-electron chi connectivity index (χ2n) is 8.19. The van der Waals surface area contributed by atoms with Crippen LogP contribution < -0.4 is 14.8 Å². The number of ether oxygens (including phenoxy) is 2. The molecule has 2 N–H and O–H groups in total. The first-order chi connectivity index (χ1) is 16.6. The zero-order chi connectivity index (χ0) is 23.7. The van der Waals surface area contributed by atoms with E-state index in [1.807, 2.05) is 78.6 Å². The van der Waals surface area contributed by atoms with Crippen LogP contribution in [0.2, 0.25) is 5.02 Å². The van der Waals surface area contributed by atoms with Gasteiger partial charge in [0.25, 0.3) is 0 Å². The Labute approximate surface area is 203 Å². The quantitative estimate of drug-likeness (QED) is 0.350. The zero-order valence-electron chi connectivity index (χ0n) is 19.1. The predicted octanol–water partition coefficient (Wildman–Crippen LogP) is 6.41. The summed E-state index contributed by atoms with van der Waals surface area (Å²) in [5.74, 6) is 1.42. The zero-order valence-corrected chi connectivity index (χ0v) is 19.9. The number of carbonyl (C=O) groups excluding carboxylic acids is 1. The molecular formula is C27H26ClN3O3. The van der Waals surface area contributed by atoms with E-state index in [-0.39, 0.29) is 12.1 Å². The van der Waals surface area contributed by atoms with Crippen molar-refractivity contribution in [2.45, 2.75) is 19.4 Å². The lowest BCUT2D eigenvalue weighted by Crippen LogP contribution is -2.43. The maximum absolute atomic E-state index is 13.6. The number of aromatic amines is 1. The van der Waals surface area contributed by atoms with E-state index in [9.17, 15) is 4.79 Å². The van der Waals surface area contributed by atoms with Gasteiger partial charge in [-0.3, -0.25) is 0 Å². The standard InChI is InChI=1S/C27H26ClN3O3/c1-3-34-24-7-5-4-6-23(24)30-27(32)31-15-14-20-21-16-18(28)10-13-22(21)29-25(20)26(31)17-8-11-19(33-2)12-9-17/h4-13,16,26,29H,3,14-15H2,1-2H3,(H,30,32)/t26-/m0/s1. The Balaban J connectivity index is 1.56. The van der Waals surface area contributed by atoms with Crippen molar-refractivity contribution < 1.29 is 14.3 Å². The molecule has 0 aliphatic carbocycles. The third-order valence-electron chi connectivity index (χ3n) is 6.21. The summed E-state index contributed by atoms with van der Waals surface area (Å²) >= 11 is 6.30. The number of nitrogens with one attached hydrogen (secondary N) is 2. The molecule has 1 aliphatic heterocycles. The van der Waals surface area contributed by atoms with E-state index in [2.05, 4.69) is 10.3 Å². The van der Waals surface area contributed by atoms with E-state index in [0.717, 1.165) is 34.3 Å². The van der Waals surface area contributed by atoms with Gasteiger partial charge in [-0.15, -0.1) is 0 Å². The van der Waals surface area contributed by atoms with E-state index >= 15 is 0 Å². The fourth-order valence-electron chi connectivity index (χ4n) is 4.65. The fourth-order valence-corrected chi connectivity index (χ4v) is 4.82. The molecule has 174 valence electrons. The third kappa shape index (κ3) is 4.05. The number of hydrogen-bond acceptors (Lipinski definition) is 3. The number of hydrogen-bond donors (Lipinski definition) is 2. The number of nitrogens with zero attached hydrogens (tertiary/aromatic N) is 1. The van der Waals surface area contributed by atoms with Crippen molar-refractivity contribution in [1.82, 2.24) is 9.88 Å². The maximum Gasteiger partial charge on any atom is 0.322 e. The van der Waals surface area contributed by atoms with Crippen LogP contribution in [0, 0.1) is 0 Å². The molecule has 0 unspecified atom stereocenters. The summed E-state index contributed by atoms with van der Waals surface area (Å²) in [5.41, 5.74) is 4.85. The van der Waals surface area contributed by atoms with E-state index in [1.54, 1.807) is 7.11 Å². The highest BCUT2D eigenvalue weighted by Gasteiger charge is 2.35. The van der Waals surface area contributed by atoms with Gasteiger partial charge < -0.3 is 24.7 Å². The highest BCUT2D eigenvalue weighted by Crippen LogP contribution is 2.40. The van der Waals surface area contributed by atoms with Crippen LogP contribution in [0.5, 0.6) is 11.5 Å². The number of amides is 2. The molecule has 0 saturated heterocycles. The molecule has 2 amide bonds. The molecule has 0 spiro atoms. The van der Waals surface area contributed by atoms with Gasteiger partial charge in [0.05, 0.1) is 25.4 Å². The van der Waals surface area contributed by atoms with E-state index in [1.165, 1.54) is 5.56 Å². The van der Waals surface area contributed by atoms with Crippen LogP contribution >= 0.6 is 11.6 Å². The predicted molar refractivity (Wildman–Crippen MR) is 135 cm³/mol. The number of rotatable bonds is 5. The number of para-hydroxylation sites is 2. The van der Waals surface area contributed by atoms with Gasteiger partial charge in [0.15, 0.2) is 0 Å². The second kappa shape index (κ2) is 9.31. The fraction of sp³-hybridized carbons (Fsp3) is 0.222. The number of carbonyl (C=O) groups is 1. The average molecular weight is 476 g/mol. The maximum atomic E-state index is 13.6.